The number of fused-ring (bicyclic) bond motifs is 1. The standard InChI is InChI=1S/C28H22N10O9S2.2Na/c29-15-1-10-21(20(30)13-15)35-32-16-2-4-17(5-3-16)34-37-27-23(49(45,46)47)12-14-11-22(48(42,43)44)26(25(31)24(14)28(27)39)36-33-18-6-8-19(9-7-18)38(40)41;;/h1-13,39H,29-31H2,(H,42,43,44)(H,45,46,47);;/q;2*+1/p-2. The maximum absolute atomic E-state index is 12.2. The van der Waals surface area contributed by atoms with Gasteiger partial charge in [0.25, 0.3) is 5.69 Å². The third kappa shape index (κ3) is 9.48. The van der Waals surface area contributed by atoms with E-state index in [1.807, 2.05) is 0 Å². The van der Waals surface area contributed by atoms with Gasteiger partial charge in [-0.2, -0.15) is 15.3 Å². The molecule has 23 heteroatoms. The molecule has 0 heterocycles. The minimum atomic E-state index is -5.39. The van der Waals surface area contributed by atoms with Crippen LogP contribution >= 0.6 is 0 Å². The predicted octanol–water partition coefficient (Wildman–Crippen LogP) is 0.263. The van der Waals surface area contributed by atoms with E-state index < -0.39 is 68.5 Å². The quantitative estimate of drug-likeness (QED) is 0.0394. The summed E-state index contributed by atoms with van der Waals surface area (Å²) in [5.41, 5.74) is 16.7. The van der Waals surface area contributed by atoms with Crippen LogP contribution in [0.2, 0.25) is 0 Å². The predicted molar refractivity (Wildman–Crippen MR) is 173 cm³/mol. The van der Waals surface area contributed by atoms with Crippen molar-refractivity contribution >= 4 is 87.9 Å². The van der Waals surface area contributed by atoms with Gasteiger partial charge in [-0.25, -0.2) is 16.8 Å². The molecule has 19 nitrogen and oxygen atoms in total. The van der Waals surface area contributed by atoms with Crippen LogP contribution in [0.4, 0.5) is 56.9 Å². The topological polar surface area (TPSA) is 330 Å². The summed E-state index contributed by atoms with van der Waals surface area (Å²) in [5, 5.41) is 44.4. The van der Waals surface area contributed by atoms with Gasteiger partial charge in [0, 0.05) is 17.8 Å². The number of nitrogen functional groups attached to an aromatic ring is 3. The number of azo groups is 3. The first-order chi connectivity index (χ1) is 23.0. The van der Waals surface area contributed by atoms with E-state index in [-0.39, 0.29) is 76.2 Å². The van der Waals surface area contributed by atoms with Gasteiger partial charge in [-0.05, 0) is 72.1 Å². The smallest absolute Gasteiger partial charge is 0.744 e. The number of nitro groups is 1. The first kappa shape index (κ1) is 41.0. The summed E-state index contributed by atoms with van der Waals surface area (Å²) < 4.78 is 73.1. The number of rotatable bonds is 9. The largest absolute Gasteiger partial charge is 1.00 e. The molecule has 0 aliphatic carbocycles. The van der Waals surface area contributed by atoms with E-state index in [1.54, 1.807) is 12.1 Å². The number of phenolic OH excluding ortho intramolecular Hbond substituents is 1. The second-order valence-electron chi connectivity index (χ2n) is 9.92. The van der Waals surface area contributed by atoms with Crippen LogP contribution in [0.1, 0.15) is 0 Å². The maximum Gasteiger partial charge on any atom is 1.00 e. The second kappa shape index (κ2) is 16.3. The van der Waals surface area contributed by atoms with Crippen LogP contribution < -0.4 is 76.3 Å². The molecule has 5 rings (SSSR count). The van der Waals surface area contributed by atoms with Crippen LogP contribution in [0.25, 0.3) is 10.8 Å². The fourth-order valence-corrected chi connectivity index (χ4v) is 5.61. The van der Waals surface area contributed by atoms with Crippen LogP contribution in [-0.4, -0.2) is 36.0 Å². The van der Waals surface area contributed by atoms with Gasteiger partial charge in [-0.1, -0.05) is 0 Å². The maximum atomic E-state index is 12.2. The van der Waals surface area contributed by atoms with Crippen molar-refractivity contribution in [2.24, 2.45) is 30.7 Å². The molecule has 0 saturated heterocycles. The van der Waals surface area contributed by atoms with Crippen molar-refractivity contribution in [3.05, 3.63) is 89.0 Å². The minimum Gasteiger partial charge on any atom is -0.744 e. The van der Waals surface area contributed by atoms with E-state index in [0.717, 1.165) is 12.1 Å². The van der Waals surface area contributed by atoms with Gasteiger partial charge in [0.1, 0.15) is 37.3 Å². The molecule has 0 spiro atoms. The Morgan fingerprint density at radius 1 is 0.627 bits per heavy atom. The van der Waals surface area contributed by atoms with Gasteiger partial charge in [-0.3, -0.25) is 10.1 Å². The fraction of sp³-hybridized carbons (Fsp3) is 0. The van der Waals surface area contributed by atoms with Crippen molar-refractivity contribution in [1.82, 2.24) is 0 Å². The zero-order valence-corrected chi connectivity index (χ0v) is 32.0. The molecule has 0 aliphatic heterocycles. The summed E-state index contributed by atoms with van der Waals surface area (Å²) >= 11 is 0. The zero-order valence-electron chi connectivity index (χ0n) is 26.4. The normalized spacial score (nSPS) is 12.0. The second-order valence-corrected chi connectivity index (χ2v) is 12.6. The van der Waals surface area contributed by atoms with Crippen molar-refractivity contribution < 1.29 is 95.1 Å². The van der Waals surface area contributed by atoms with Crippen molar-refractivity contribution in [3.63, 3.8) is 0 Å². The average molecular weight is 751 g/mol. The molecule has 0 amide bonds. The Morgan fingerprint density at radius 3 is 1.55 bits per heavy atom. The van der Waals surface area contributed by atoms with E-state index in [9.17, 15) is 41.2 Å². The molecule has 5 aromatic carbocycles. The number of non-ortho nitro benzene ring substituents is 1. The molecule has 51 heavy (non-hydrogen) atoms. The average Bonchev–Trinajstić information content (AvgIpc) is 3.03. The Balaban J connectivity index is 0.00000351. The van der Waals surface area contributed by atoms with Gasteiger partial charge in [0.2, 0.25) is 0 Å². The van der Waals surface area contributed by atoms with Crippen LogP contribution in [0, 0.1) is 10.1 Å². The summed E-state index contributed by atoms with van der Waals surface area (Å²) in [6.45, 7) is 0. The molecule has 0 aliphatic rings. The molecular formula is C28H20N10Na2O9S2. The molecule has 5 aromatic rings. The van der Waals surface area contributed by atoms with Crippen molar-refractivity contribution in [1.29, 1.82) is 0 Å². The number of nitro benzene ring substituents is 1. The molecule has 0 radical (unpaired) electrons. The van der Waals surface area contributed by atoms with Crippen molar-refractivity contribution in [2.45, 2.75) is 9.79 Å². The third-order valence-corrected chi connectivity index (χ3v) is 8.32. The molecule has 0 aromatic heterocycles. The number of benzene rings is 5. The van der Waals surface area contributed by atoms with E-state index in [2.05, 4.69) is 30.7 Å². The Kier molecular flexibility index (Phi) is 13.1. The number of anilines is 3. The van der Waals surface area contributed by atoms with E-state index in [1.165, 1.54) is 42.5 Å². The minimum absolute atomic E-state index is 0. The summed E-state index contributed by atoms with van der Waals surface area (Å²) in [5.74, 6) is -1.01. The first-order valence-corrected chi connectivity index (χ1v) is 16.1. The third-order valence-electron chi connectivity index (χ3n) is 6.62. The summed E-state index contributed by atoms with van der Waals surface area (Å²) in [6, 6.07) is 16.3. The van der Waals surface area contributed by atoms with Gasteiger partial charge >= 0.3 is 59.1 Å². The van der Waals surface area contributed by atoms with Crippen molar-refractivity contribution in [3.8, 4) is 5.75 Å². The van der Waals surface area contributed by atoms with Gasteiger partial charge in [0.15, 0.2) is 5.75 Å². The SMILES string of the molecule is Nc1ccc(N=Nc2ccc(N=Nc3c(S(=O)(=O)[O-])cc4cc(S(=O)(=O)[O-])c(N=Nc5ccc([N+](=O)[O-])cc5)c(N)c4c3O)cc2)c(N)c1.[Na+].[Na+]. The fourth-order valence-electron chi connectivity index (χ4n) is 4.31. The summed E-state index contributed by atoms with van der Waals surface area (Å²) in [4.78, 5) is 8.07. The molecular weight excluding hydrogens is 730 g/mol. The van der Waals surface area contributed by atoms with E-state index in [4.69, 9.17) is 17.2 Å². The van der Waals surface area contributed by atoms with Crippen molar-refractivity contribution in [2.75, 3.05) is 17.2 Å². The zero-order chi connectivity index (χ0) is 35.7. The number of nitrogens with two attached hydrogens (primary N) is 3. The number of hydrogen-bond donors (Lipinski definition) is 4. The van der Waals surface area contributed by atoms with E-state index >= 15 is 0 Å². The number of phenols is 1. The summed E-state index contributed by atoms with van der Waals surface area (Å²) in [7, 11) is -10.8. The number of aromatic hydroxyl groups is 1. The monoisotopic (exact) mass is 750 g/mol. The molecule has 7 N–H and O–H groups in total. The van der Waals surface area contributed by atoms with Gasteiger partial charge in [-0.15, -0.1) is 15.3 Å². The van der Waals surface area contributed by atoms with E-state index in [0.29, 0.717) is 34.9 Å². The Labute approximate surface area is 332 Å². The Hall–Kier alpha value is -4.42. The van der Waals surface area contributed by atoms with Crippen LogP contribution in [0.5, 0.6) is 5.75 Å². The van der Waals surface area contributed by atoms with Crippen LogP contribution in [0.3, 0.4) is 0 Å². The number of hydrogen-bond acceptors (Lipinski definition) is 18. The Morgan fingerprint density at radius 2 is 1.08 bits per heavy atom. The number of nitrogens with zero attached hydrogens (tertiary/aromatic N) is 7. The molecule has 250 valence electrons. The first-order valence-electron chi connectivity index (χ1n) is 13.3. The van der Waals surface area contributed by atoms with Gasteiger partial charge < -0.3 is 31.4 Å². The Bertz CT molecular complexity index is 2460. The molecule has 0 bridgehead atoms. The molecule has 0 saturated carbocycles. The summed E-state index contributed by atoms with van der Waals surface area (Å²) in [6.07, 6.45) is 0. The molecule has 0 fully saturated rings. The molecule has 0 unspecified atom stereocenters. The van der Waals surface area contributed by atoms with Gasteiger partial charge in [0.05, 0.1) is 48.5 Å². The molecule has 0 atom stereocenters. The van der Waals surface area contributed by atoms with Crippen LogP contribution in [-0.2, 0) is 20.2 Å². The van der Waals surface area contributed by atoms with Crippen LogP contribution in [0.15, 0.2) is 119 Å².